The third-order valence-corrected chi connectivity index (χ3v) is 5.34. The lowest BCUT2D eigenvalue weighted by Crippen LogP contribution is -2.42. The smallest absolute Gasteiger partial charge is 0.265 e. The molecule has 2 heterocycles. The topological polar surface area (TPSA) is 79.5 Å². The van der Waals surface area contributed by atoms with E-state index in [4.69, 9.17) is 5.73 Å². The van der Waals surface area contributed by atoms with Gasteiger partial charge in [-0.25, -0.2) is 13.4 Å². The maximum atomic E-state index is 12.8. The number of hydrogen-bond donors (Lipinski definition) is 1. The fraction of sp³-hybridized carbons (Fsp3) is 0.214. The van der Waals surface area contributed by atoms with Crippen molar-refractivity contribution in [2.45, 2.75) is 4.90 Å². The molecule has 0 spiro atoms. The Hall–Kier alpha value is -2.28. The number of aromatic nitrogens is 1. The highest BCUT2D eigenvalue weighted by molar-refractivity contribution is 7.92. The molecule has 2 N–H and O–H groups in total. The van der Waals surface area contributed by atoms with Crippen LogP contribution in [0, 0.1) is 0 Å². The zero-order valence-electron chi connectivity index (χ0n) is 11.6. The molecule has 2 aromatic rings. The molecule has 1 aromatic heterocycles. The van der Waals surface area contributed by atoms with Crippen molar-refractivity contribution in [3.05, 3.63) is 42.6 Å². The van der Waals surface area contributed by atoms with E-state index in [0.717, 1.165) is 5.69 Å². The fourth-order valence-corrected chi connectivity index (χ4v) is 3.82. The molecule has 0 fully saturated rings. The first-order valence-corrected chi connectivity index (χ1v) is 7.98. The number of hydrogen-bond acceptors (Lipinski definition) is 5. The predicted octanol–water partition coefficient (Wildman–Crippen LogP) is 1.31. The van der Waals surface area contributed by atoms with E-state index < -0.39 is 10.0 Å². The molecule has 6 nitrogen and oxygen atoms in total. The predicted molar refractivity (Wildman–Crippen MR) is 82.9 cm³/mol. The third-order valence-electron chi connectivity index (χ3n) is 3.55. The van der Waals surface area contributed by atoms with Crippen molar-refractivity contribution >= 4 is 27.2 Å². The lowest BCUT2D eigenvalue weighted by Gasteiger charge is -2.36. The van der Waals surface area contributed by atoms with E-state index in [1.807, 2.05) is 36.2 Å². The molecule has 0 saturated carbocycles. The van der Waals surface area contributed by atoms with Gasteiger partial charge in [-0.2, -0.15) is 0 Å². The van der Waals surface area contributed by atoms with Crippen LogP contribution in [0.25, 0.3) is 0 Å². The number of pyridine rings is 1. The van der Waals surface area contributed by atoms with Gasteiger partial charge in [-0.1, -0.05) is 12.1 Å². The number of sulfonamides is 1. The van der Waals surface area contributed by atoms with Crippen LogP contribution in [0.5, 0.6) is 0 Å². The number of likely N-dealkylation sites (N-methyl/N-ethyl adjacent to an activating group) is 1. The summed E-state index contributed by atoms with van der Waals surface area (Å²) in [5.41, 5.74) is 7.10. The Kier molecular flexibility index (Phi) is 3.21. The standard InChI is InChI=1S/C14H16N4O2S/c1-17-8-9-18(13-5-3-2-4-12(13)17)21(19,20)11-6-7-14(15)16-10-11/h2-7,10H,8-9H2,1H3,(H2,15,16). The Bertz CT molecular complexity index is 759. The van der Waals surface area contributed by atoms with Crippen molar-refractivity contribution < 1.29 is 8.42 Å². The minimum Gasteiger partial charge on any atom is -0.384 e. The van der Waals surface area contributed by atoms with Crippen LogP contribution in [-0.2, 0) is 10.0 Å². The van der Waals surface area contributed by atoms with Gasteiger partial charge in [0.2, 0.25) is 0 Å². The quantitative estimate of drug-likeness (QED) is 0.905. The Labute approximate surface area is 123 Å². The summed E-state index contributed by atoms with van der Waals surface area (Å²) >= 11 is 0. The van der Waals surface area contributed by atoms with Gasteiger partial charge < -0.3 is 10.6 Å². The molecule has 0 amide bonds. The van der Waals surface area contributed by atoms with E-state index >= 15 is 0 Å². The minimum absolute atomic E-state index is 0.149. The van der Waals surface area contributed by atoms with E-state index in [0.29, 0.717) is 24.6 Å². The Morgan fingerprint density at radius 2 is 1.81 bits per heavy atom. The van der Waals surface area contributed by atoms with Gasteiger partial charge in [0.05, 0.1) is 17.9 Å². The molecule has 0 unspecified atom stereocenters. The van der Waals surface area contributed by atoms with Crippen molar-refractivity contribution in [3.63, 3.8) is 0 Å². The monoisotopic (exact) mass is 304 g/mol. The van der Waals surface area contributed by atoms with Crippen LogP contribution in [0.2, 0.25) is 0 Å². The second-order valence-corrected chi connectivity index (χ2v) is 6.77. The first-order chi connectivity index (χ1) is 10.00. The van der Waals surface area contributed by atoms with Gasteiger partial charge in [-0.3, -0.25) is 4.31 Å². The number of nitrogens with two attached hydrogens (primary N) is 1. The van der Waals surface area contributed by atoms with Crippen molar-refractivity contribution in [1.82, 2.24) is 4.98 Å². The number of nitrogens with zero attached hydrogens (tertiary/aromatic N) is 3. The summed E-state index contributed by atoms with van der Waals surface area (Å²) in [4.78, 5) is 6.07. The molecule has 21 heavy (non-hydrogen) atoms. The third kappa shape index (κ3) is 2.29. The molecule has 1 aliphatic heterocycles. The molecular weight excluding hydrogens is 288 g/mol. The van der Waals surface area contributed by atoms with Gasteiger partial charge in [0.1, 0.15) is 10.7 Å². The molecule has 0 bridgehead atoms. The van der Waals surface area contributed by atoms with Crippen LogP contribution in [0.3, 0.4) is 0 Å². The highest BCUT2D eigenvalue weighted by Crippen LogP contribution is 2.35. The van der Waals surface area contributed by atoms with E-state index in [1.165, 1.54) is 22.6 Å². The lowest BCUT2D eigenvalue weighted by molar-refractivity contribution is 0.589. The van der Waals surface area contributed by atoms with Crippen LogP contribution in [0.4, 0.5) is 17.2 Å². The van der Waals surface area contributed by atoms with Gasteiger partial charge in [0, 0.05) is 19.8 Å². The fourth-order valence-electron chi connectivity index (χ4n) is 2.40. The maximum Gasteiger partial charge on any atom is 0.265 e. The molecule has 3 rings (SSSR count). The van der Waals surface area contributed by atoms with Gasteiger partial charge in [-0.05, 0) is 24.3 Å². The van der Waals surface area contributed by atoms with Crippen LogP contribution in [0.15, 0.2) is 47.5 Å². The first kappa shape index (κ1) is 13.7. The Morgan fingerprint density at radius 3 is 2.48 bits per heavy atom. The zero-order chi connectivity index (χ0) is 15.0. The summed E-state index contributed by atoms with van der Waals surface area (Å²) < 4.78 is 27.0. The first-order valence-electron chi connectivity index (χ1n) is 6.54. The van der Waals surface area contributed by atoms with Crippen molar-refractivity contribution in [2.24, 2.45) is 0 Å². The summed E-state index contributed by atoms with van der Waals surface area (Å²) in [6, 6.07) is 10.4. The summed E-state index contributed by atoms with van der Waals surface area (Å²) in [6.07, 6.45) is 1.30. The molecule has 110 valence electrons. The summed E-state index contributed by atoms with van der Waals surface area (Å²) in [6.45, 7) is 1.04. The highest BCUT2D eigenvalue weighted by Gasteiger charge is 2.30. The van der Waals surface area contributed by atoms with Crippen molar-refractivity contribution in [3.8, 4) is 0 Å². The Balaban J connectivity index is 2.08. The summed E-state index contributed by atoms with van der Waals surface area (Å²) in [5.74, 6) is 0.299. The van der Waals surface area contributed by atoms with E-state index in [2.05, 4.69) is 4.98 Å². The molecular formula is C14H16N4O2S. The minimum atomic E-state index is -3.63. The SMILES string of the molecule is CN1CCN(S(=O)(=O)c2ccc(N)nc2)c2ccccc21. The van der Waals surface area contributed by atoms with E-state index in [9.17, 15) is 8.42 Å². The van der Waals surface area contributed by atoms with Gasteiger partial charge >= 0.3 is 0 Å². The van der Waals surface area contributed by atoms with Crippen LogP contribution in [-0.4, -0.2) is 33.5 Å². The number of benzene rings is 1. The maximum absolute atomic E-state index is 12.8. The number of fused-ring (bicyclic) bond motifs is 1. The average Bonchev–Trinajstić information content (AvgIpc) is 2.48. The molecule has 0 atom stereocenters. The molecule has 0 aliphatic carbocycles. The van der Waals surface area contributed by atoms with Crippen LogP contribution < -0.4 is 14.9 Å². The zero-order valence-corrected chi connectivity index (χ0v) is 12.4. The molecule has 1 aliphatic rings. The van der Waals surface area contributed by atoms with Gasteiger partial charge in [0.25, 0.3) is 10.0 Å². The normalized spacial score (nSPS) is 14.9. The van der Waals surface area contributed by atoms with Gasteiger partial charge in [0.15, 0.2) is 0 Å². The number of anilines is 3. The second kappa shape index (κ2) is 4.92. The number of para-hydroxylation sites is 2. The largest absolute Gasteiger partial charge is 0.384 e. The van der Waals surface area contributed by atoms with Crippen LogP contribution >= 0.6 is 0 Å². The molecule has 0 saturated heterocycles. The average molecular weight is 304 g/mol. The summed E-state index contributed by atoms with van der Waals surface area (Å²) in [7, 11) is -1.68. The van der Waals surface area contributed by atoms with Crippen molar-refractivity contribution in [2.75, 3.05) is 35.1 Å². The Morgan fingerprint density at radius 1 is 1.10 bits per heavy atom. The number of nitrogen functional groups attached to an aromatic ring is 1. The lowest BCUT2D eigenvalue weighted by atomic mass is 10.2. The molecule has 0 radical (unpaired) electrons. The van der Waals surface area contributed by atoms with E-state index in [1.54, 1.807) is 0 Å². The number of rotatable bonds is 2. The van der Waals surface area contributed by atoms with E-state index in [-0.39, 0.29) is 4.90 Å². The second-order valence-electron chi connectivity index (χ2n) is 4.91. The molecule has 7 heteroatoms. The van der Waals surface area contributed by atoms with Gasteiger partial charge in [-0.15, -0.1) is 0 Å². The van der Waals surface area contributed by atoms with Crippen LogP contribution in [0.1, 0.15) is 0 Å². The molecule has 1 aromatic carbocycles. The summed E-state index contributed by atoms with van der Waals surface area (Å²) in [5, 5.41) is 0. The van der Waals surface area contributed by atoms with Crippen molar-refractivity contribution in [1.29, 1.82) is 0 Å². The highest BCUT2D eigenvalue weighted by atomic mass is 32.2.